The number of carbonyl (C=O) groups is 2. The fourth-order valence-corrected chi connectivity index (χ4v) is 3.88. The van der Waals surface area contributed by atoms with Gasteiger partial charge in [0.05, 0.1) is 9.85 Å². The maximum absolute atomic E-state index is 11.5. The molecule has 0 aliphatic rings. The molecule has 0 bridgehead atoms. The summed E-state index contributed by atoms with van der Waals surface area (Å²) in [4.78, 5) is 44.7. The summed E-state index contributed by atoms with van der Waals surface area (Å²) in [6, 6.07) is 21.7. The summed E-state index contributed by atoms with van der Waals surface area (Å²) in [5.41, 5.74) is 2.80. The second kappa shape index (κ2) is 11.2. The van der Waals surface area contributed by atoms with E-state index in [2.05, 4.69) is 10.6 Å². The highest BCUT2D eigenvalue weighted by Crippen LogP contribution is 2.41. The van der Waals surface area contributed by atoms with E-state index in [4.69, 9.17) is 4.74 Å². The van der Waals surface area contributed by atoms with E-state index in [0.29, 0.717) is 33.6 Å². The summed E-state index contributed by atoms with van der Waals surface area (Å²) in [7, 11) is 0. The zero-order valence-corrected chi connectivity index (χ0v) is 20.8. The normalized spacial score (nSPS) is 10.4. The fraction of sp³-hybridized carbons (Fsp3) is 0.0714. The van der Waals surface area contributed by atoms with E-state index in [0.717, 1.165) is 0 Å². The van der Waals surface area contributed by atoms with Crippen LogP contribution in [-0.2, 0) is 9.59 Å². The molecule has 11 nitrogen and oxygen atoms in total. The van der Waals surface area contributed by atoms with E-state index in [1.54, 1.807) is 48.5 Å². The number of anilines is 2. The highest BCUT2D eigenvalue weighted by molar-refractivity contribution is 5.90. The number of hydrogen-bond acceptors (Lipinski definition) is 7. The molecule has 0 saturated heterocycles. The van der Waals surface area contributed by atoms with E-state index in [1.165, 1.54) is 50.2 Å². The van der Waals surface area contributed by atoms with Crippen molar-refractivity contribution in [2.24, 2.45) is 0 Å². The van der Waals surface area contributed by atoms with Gasteiger partial charge in [0.1, 0.15) is 11.5 Å². The summed E-state index contributed by atoms with van der Waals surface area (Å²) < 4.78 is 6.22. The van der Waals surface area contributed by atoms with Crippen LogP contribution < -0.4 is 15.4 Å². The molecule has 0 spiro atoms. The quantitative estimate of drug-likeness (QED) is 0.195. The number of amides is 2. The third kappa shape index (κ3) is 6.41. The molecule has 0 unspecified atom stereocenters. The van der Waals surface area contributed by atoms with Gasteiger partial charge in [-0.3, -0.25) is 29.8 Å². The predicted octanol–water partition coefficient (Wildman–Crippen LogP) is 6.55. The van der Waals surface area contributed by atoms with Crippen molar-refractivity contribution in [3.63, 3.8) is 0 Å². The molecule has 4 aromatic carbocycles. The Morgan fingerprint density at radius 3 is 1.28 bits per heavy atom. The van der Waals surface area contributed by atoms with Gasteiger partial charge in [-0.15, -0.1) is 0 Å². The summed E-state index contributed by atoms with van der Waals surface area (Å²) in [5.74, 6) is 0.0755. The molecule has 0 heterocycles. The Labute approximate surface area is 222 Å². The number of ether oxygens (including phenoxy) is 1. The zero-order valence-electron chi connectivity index (χ0n) is 20.8. The lowest BCUT2D eigenvalue weighted by molar-refractivity contribution is -0.385. The van der Waals surface area contributed by atoms with E-state index < -0.39 is 9.85 Å². The molecule has 2 N–H and O–H groups in total. The Balaban J connectivity index is 1.78. The highest BCUT2D eigenvalue weighted by Gasteiger charge is 2.18. The molecule has 39 heavy (non-hydrogen) atoms. The lowest BCUT2D eigenvalue weighted by Crippen LogP contribution is -2.05. The molecule has 0 saturated carbocycles. The maximum atomic E-state index is 11.5. The molecule has 0 aliphatic heterocycles. The first-order valence-electron chi connectivity index (χ1n) is 11.6. The third-order valence-electron chi connectivity index (χ3n) is 5.60. The van der Waals surface area contributed by atoms with Gasteiger partial charge in [-0.2, -0.15) is 0 Å². The Morgan fingerprint density at radius 2 is 0.974 bits per heavy atom. The number of non-ortho nitro benzene ring substituents is 2. The second-order valence-electron chi connectivity index (χ2n) is 8.49. The number of nitrogens with zero attached hydrogens (tertiary/aromatic N) is 2. The van der Waals surface area contributed by atoms with Gasteiger partial charge < -0.3 is 15.4 Å². The largest absolute Gasteiger partial charge is 0.456 e. The zero-order chi connectivity index (χ0) is 28.1. The highest BCUT2D eigenvalue weighted by atomic mass is 16.6. The van der Waals surface area contributed by atoms with Crippen LogP contribution in [0.2, 0.25) is 0 Å². The average Bonchev–Trinajstić information content (AvgIpc) is 2.89. The van der Waals surface area contributed by atoms with E-state index in [-0.39, 0.29) is 34.7 Å². The van der Waals surface area contributed by atoms with Crippen molar-refractivity contribution in [2.45, 2.75) is 13.8 Å². The van der Waals surface area contributed by atoms with Gasteiger partial charge >= 0.3 is 0 Å². The molecule has 196 valence electrons. The van der Waals surface area contributed by atoms with Crippen molar-refractivity contribution in [1.29, 1.82) is 0 Å². The summed E-state index contributed by atoms with van der Waals surface area (Å²) in [6.45, 7) is 2.77. The van der Waals surface area contributed by atoms with Gasteiger partial charge in [-0.1, -0.05) is 24.3 Å². The number of nitro benzene ring substituents is 2. The Bertz CT molecular complexity index is 1460. The monoisotopic (exact) mass is 526 g/mol. The molecule has 0 aromatic heterocycles. The van der Waals surface area contributed by atoms with Gasteiger partial charge in [0, 0.05) is 60.6 Å². The minimum Gasteiger partial charge on any atom is -0.456 e. The van der Waals surface area contributed by atoms with Crippen LogP contribution in [0.1, 0.15) is 13.8 Å². The van der Waals surface area contributed by atoms with Gasteiger partial charge in [0.25, 0.3) is 11.4 Å². The topological polar surface area (TPSA) is 154 Å². The third-order valence-corrected chi connectivity index (χ3v) is 5.60. The van der Waals surface area contributed by atoms with Crippen LogP contribution in [0.3, 0.4) is 0 Å². The summed E-state index contributed by atoms with van der Waals surface area (Å²) >= 11 is 0. The van der Waals surface area contributed by atoms with Crippen molar-refractivity contribution >= 4 is 34.6 Å². The van der Waals surface area contributed by atoms with Gasteiger partial charge in [-0.05, 0) is 47.5 Å². The van der Waals surface area contributed by atoms with Crippen molar-refractivity contribution < 1.29 is 24.2 Å². The van der Waals surface area contributed by atoms with Crippen LogP contribution in [0.15, 0.2) is 84.9 Å². The second-order valence-corrected chi connectivity index (χ2v) is 8.49. The lowest BCUT2D eigenvalue weighted by atomic mass is 10.0. The first-order chi connectivity index (χ1) is 18.6. The Kier molecular flexibility index (Phi) is 7.62. The van der Waals surface area contributed by atoms with Crippen LogP contribution in [0, 0.1) is 20.2 Å². The van der Waals surface area contributed by atoms with Crippen LogP contribution >= 0.6 is 0 Å². The molecule has 0 fully saturated rings. The fourth-order valence-electron chi connectivity index (χ4n) is 3.88. The van der Waals surface area contributed by atoms with E-state index >= 15 is 0 Å². The van der Waals surface area contributed by atoms with Crippen molar-refractivity contribution in [3.8, 4) is 33.8 Å². The predicted molar refractivity (Wildman–Crippen MR) is 146 cm³/mol. The number of hydrogen-bond donors (Lipinski definition) is 2. The first-order valence-corrected chi connectivity index (χ1v) is 11.6. The SMILES string of the molecule is CC(=O)Nc1ccc(-c2cc([N+](=O)[O-])ccc2Oc2ccc([N+](=O)[O-])cc2-c2ccc(NC(C)=O)cc2)cc1. The van der Waals surface area contributed by atoms with Crippen LogP contribution in [0.4, 0.5) is 22.7 Å². The minimum atomic E-state index is -0.521. The van der Waals surface area contributed by atoms with Crippen LogP contribution in [0.5, 0.6) is 11.5 Å². The molecule has 4 rings (SSSR count). The number of nitro groups is 2. The van der Waals surface area contributed by atoms with Gasteiger partial charge in [0.2, 0.25) is 11.8 Å². The Morgan fingerprint density at radius 1 is 0.615 bits per heavy atom. The summed E-state index contributed by atoms with van der Waals surface area (Å²) in [6.07, 6.45) is 0. The molecule has 0 aliphatic carbocycles. The van der Waals surface area contributed by atoms with E-state index in [9.17, 15) is 29.8 Å². The molecule has 4 aromatic rings. The minimum absolute atomic E-state index is 0.152. The molecule has 0 radical (unpaired) electrons. The lowest BCUT2D eigenvalue weighted by Gasteiger charge is -2.15. The standard InChI is InChI=1S/C28H22N4O7/c1-17(33)29-21-7-3-19(4-8-21)25-15-23(31(35)36)11-13-27(25)39-28-14-12-24(32(37)38)16-26(28)20-5-9-22(10-6-20)30-18(2)34/h3-16H,1-2H3,(H,29,33)(H,30,34). The average molecular weight is 527 g/mol. The molecular formula is C28H22N4O7. The Hall–Kier alpha value is -5.58. The smallest absolute Gasteiger partial charge is 0.270 e. The number of carbonyl (C=O) groups excluding carboxylic acids is 2. The van der Waals surface area contributed by atoms with Crippen molar-refractivity contribution in [1.82, 2.24) is 0 Å². The van der Waals surface area contributed by atoms with Gasteiger partial charge in [0.15, 0.2) is 0 Å². The molecule has 2 amide bonds. The number of rotatable bonds is 8. The van der Waals surface area contributed by atoms with Crippen LogP contribution in [0.25, 0.3) is 22.3 Å². The maximum Gasteiger partial charge on any atom is 0.270 e. The van der Waals surface area contributed by atoms with E-state index in [1.807, 2.05) is 0 Å². The summed E-state index contributed by atoms with van der Waals surface area (Å²) in [5, 5.41) is 28.3. The molecular weight excluding hydrogens is 504 g/mol. The van der Waals surface area contributed by atoms with Crippen molar-refractivity contribution in [2.75, 3.05) is 10.6 Å². The van der Waals surface area contributed by atoms with Crippen molar-refractivity contribution in [3.05, 3.63) is 105 Å². The number of nitrogens with one attached hydrogen (secondary N) is 2. The molecule has 11 heteroatoms. The van der Waals surface area contributed by atoms with Gasteiger partial charge in [-0.25, -0.2) is 0 Å². The number of benzene rings is 4. The van der Waals surface area contributed by atoms with Crippen LogP contribution in [-0.4, -0.2) is 21.7 Å². The molecule has 0 atom stereocenters. The first kappa shape index (κ1) is 26.5.